The van der Waals surface area contributed by atoms with E-state index in [-0.39, 0.29) is 12.1 Å². The molecule has 5 nitrogen and oxygen atoms in total. The Morgan fingerprint density at radius 3 is 2.62 bits per heavy atom. The highest BCUT2D eigenvalue weighted by Crippen LogP contribution is 2.29. The van der Waals surface area contributed by atoms with Crippen LogP contribution in [0.15, 0.2) is 35.5 Å². The molecule has 2 aliphatic heterocycles. The molecular formula is C17H17F3N4OS. The number of hydrogen-bond donors (Lipinski definition) is 1. The Hall–Kier alpha value is -2.13. The van der Waals surface area contributed by atoms with Gasteiger partial charge in [0.15, 0.2) is 4.80 Å². The molecule has 0 aliphatic carbocycles. The molecule has 2 bridgehead atoms. The lowest BCUT2D eigenvalue weighted by molar-refractivity contribution is -0.137. The average molecular weight is 382 g/mol. The van der Waals surface area contributed by atoms with Gasteiger partial charge in [-0.15, -0.1) is 11.3 Å². The molecule has 2 aliphatic rings. The average Bonchev–Trinajstić information content (AvgIpc) is 3.29. The minimum Gasteiger partial charge on any atom is -0.317 e. The number of benzene rings is 1. The third kappa shape index (κ3) is 3.16. The Kier molecular flexibility index (Phi) is 4.15. The first-order valence-corrected chi connectivity index (χ1v) is 9.08. The SMILES string of the molecule is Cc1cn(-c2ccc(C(F)(F)F)cc2)c(=NC(=O)N2C[C@@H]3C[C@H]2CN3)s1. The lowest BCUT2D eigenvalue weighted by Crippen LogP contribution is -2.46. The van der Waals surface area contributed by atoms with Crippen LogP contribution in [0.3, 0.4) is 0 Å². The van der Waals surface area contributed by atoms with Crippen molar-refractivity contribution in [1.29, 1.82) is 0 Å². The normalized spacial score (nSPS) is 23.1. The molecule has 2 fully saturated rings. The first-order valence-electron chi connectivity index (χ1n) is 8.27. The first kappa shape index (κ1) is 17.3. The maximum Gasteiger partial charge on any atom is 0.416 e. The minimum absolute atomic E-state index is 0.178. The Labute approximate surface area is 151 Å². The molecule has 2 amide bonds. The number of alkyl halides is 3. The molecule has 0 spiro atoms. The molecule has 0 radical (unpaired) electrons. The van der Waals surface area contributed by atoms with Gasteiger partial charge in [0, 0.05) is 41.9 Å². The van der Waals surface area contributed by atoms with Crippen molar-refractivity contribution in [3.05, 3.63) is 45.7 Å². The summed E-state index contributed by atoms with van der Waals surface area (Å²) in [6.45, 7) is 3.31. The van der Waals surface area contributed by atoms with E-state index in [0.29, 0.717) is 23.1 Å². The maximum atomic E-state index is 12.7. The van der Waals surface area contributed by atoms with Gasteiger partial charge in [0.1, 0.15) is 0 Å². The fraction of sp³-hybridized carbons (Fsp3) is 0.412. The van der Waals surface area contributed by atoms with Crippen molar-refractivity contribution in [3.8, 4) is 5.69 Å². The van der Waals surface area contributed by atoms with Crippen LogP contribution in [0.2, 0.25) is 0 Å². The Bertz CT molecular complexity index is 900. The summed E-state index contributed by atoms with van der Waals surface area (Å²) >= 11 is 1.34. The number of piperazine rings is 1. The summed E-state index contributed by atoms with van der Waals surface area (Å²) in [5.74, 6) is 0. The molecule has 138 valence electrons. The number of nitrogens with zero attached hydrogens (tertiary/aromatic N) is 3. The largest absolute Gasteiger partial charge is 0.416 e. The van der Waals surface area contributed by atoms with Crippen molar-refractivity contribution in [1.82, 2.24) is 14.8 Å². The van der Waals surface area contributed by atoms with E-state index in [1.54, 1.807) is 15.7 Å². The maximum absolute atomic E-state index is 12.7. The highest BCUT2D eigenvalue weighted by molar-refractivity contribution is 7.09. The van der Waals surface area contributed by atoms with Gasteiger partial charge in [0.25, 0.3) is 0 Å². The second kappa shape index (κ2) is 6.24. The van der Waals surface area contributed by atoms with Crippen LogP contribution in [-0.4, -0.2) is 40.7 Å². The summed E-state index contributed by atoms with van der Waals surface area (Å²) in [7, 11) is 0. The van der Waals surface area contributed by atoms with Gasteiger partial charge < -0.3 is 10.2 Å². The van der Waals surface area contributed by atoms with Gasteiger partial charge in [0.2, 0.25) is 0 Å². The molecule has 9 heteroatoms. The van der Waals surface area contributed by atoms with E-state index in [9.17, 15) is 18.0 Å². The second-order valence-electron chi connectivity index (χ2n) is 6.58. The fourth-order valence-corrected chi connectivity index (χ4v) is 4.30. The third-order valence-electron chi connectivity index (χ3n) is 4.74. The molecule has 2 saturated heterocycles. The standard InChI is InChI=1S/C17H17F3N4OS/c1-10-8-24(13-4-2-11(3-5-13)17(18,19)20)16(26-10)22-15(25)23-9-12-6-14(23)7-21-12/h2-5,8,12,14,21H,6-7,9H2,1H3/t12-,14-/m0/s1. The number of thiazole rings is 1. The summed E-state index contributed by atoms with van der Waals surface area (Å²) in [6, 6.07) is 5.07. The van der Waals surface area contributed by atoms with Crippen LogP contribution in [-0.2, 0) is 6.18 Å². The van der Waals surface area contributed by atoms with E-state index < -0.39 is 11.7 Å². The van der Waals surface area contributed by atoms with Gasteiger partial charge in [-0.2, -0.15) is 18.2 Å². The number of urea groups is 1. The molecule has 26 heavy (non-hydrogen) atoms. The van der Waals surface area contributed by atoms with E-state index >= 15 is 0 Å². The van der Waals surface area contributed by atoms with Gasteiger partial charge in [-0.1, -0.05) is 0 Å². The molecule has 2 aromatic rings. The van der Waals surface area contributed by atoms with Crippen molar-refractivity contribution in [2.75, 3.05) is 13.1 Å². The fourth-order valence-electron chi connectivity index (χ4n) is 3.47. The molecule has 3 heterocycles. The van der Waals surface area contributed by atoms with E-state index in [1.165, 1.54) is 23.5 Å². The number of aryl methyl sites for hydroxylation is 1. The van der Waals surface area contributed by atoms with Crippen LogP contribution in [0.1, 0.15) is 16.9 Å². The molecule has 2 atom stereocenters. The van der Waals surface area contributed by atoms with Crippen LogP contribution in [0, 0.1) is 6.92 Å². The smallest absolute Gasteiger partial charge is 0.317 e. The lowest BCUT2D eigenvalue weighted by Gasteiger charge is -2.25. The Morgan fingerprint density at radius 2 is 2.04 bits per heavy atom. The highest BCUT2D eigenvalue weighted by atomic mass is 32.1. The number of rotatable bonds is 1. The Morgan fingerprint density at radius 1 is 1.31 bits per heavy atom. The van der Waals surface area contributed by atoms with Gasteiger partial charge >= 0.3 is 12.2 Å². The summed E-state index contributed by atoms with van der Waals surface area (Å²) in [4.78, 5) is 20.0. The van der Waals surface area contributed by atoms with Crippen LogP contribution >= 0.6 is 11.3 Å². The zero-order valence-electron chi connectivity index (χ0n) is 14.0. The zero-order chi connectivity index (χ0) is 18.5. The first-order chi connectivity index (χ1) is 12.3. The predicted molar refractivity (Wildman–Crippen MR) is 91.2 cm³/mol. The topological polar surface area (TPSA) is 49.6 Å². The van der Waals surface area contributed by atoms with E-state index in [0.717, 1.165) is 30.0 Å². The second-order valence-corrected chi connectivity index (χ2v) is 7.79. The summed E-state index contributed by atoms with van der Waals surface area (Å²) in [5.41, 5.74) is -0.164. The number of amides is 2. The molecule has 4 rings (SSSR count). The van der Waals surface area contributed by atoms with Crippen molar-refractivity contribution >= 4 is 17.4 Å². The van der Waals surface area contributed by atoms with Crippen LogP contribution in [0.5, 0.6) is 0 Å². The third-order valence-corrected chi connectivity index (χ3v) is 5.63. The number of nitrogens with one attached hydrogen (secondary N) is 1. The molecular weight excluding hydrogens is 365 g/mol. The number of fused-ring (bicyclic) bond motifs is 2. The van der Waals surface area contributed by atoms with E-state index in [4.69, 9.17) is 0 Å². The number of halogens is 3. The van der Waals surface area contributed by atoms with Crippen LogP contribution < -0.4 is 10.1 Å². The molecule has 0 saturated carbocycles. The summed E-state index contributed by atoms with van der Waals surface area (Å²) < 4.78 is 39.9. The van der Waals surface area contributed by atoms with Crippen LogP contribution in [0.25, 0.3) is 5.69 Å². The number of carbonyl (C=O) groups excluding carboxylic acids is 1. The van der Waals surface area contributed by atoms with Gasteiger partial charge in [-0.3, -0.25) is 4.57 Å². The van der Waals surface area contributed by atoms with Crippen LogP contribution in [0.4, 0.5) is 18.0 Å². The molecule has 1 aromatic heterocycles. The number of hydrogen-bond acceptors (Lipinski definition) is 3. The van der Waals surface area contributed by atoms with Crippen molar-refractivity contribution in [2.45, 2.75) is 31.6 Å². The monoisotopic (exact) mass is 382 g/mol. The highest BCUT2D eigenvalue weighted by Gasteiger charge is 2.40. The lowest BCUT2D eigenvalue weighted by atomic mass is 10.2. The predicted octanol–water partition coefficient (Wildman–Crippen LogP) is 2.93. The molecule has 0 unspecified atom stereocenters. The molecule has 1 aromatic carbocycles. The summed E-state index contributed by atoms with van der Waals surface area (Å²) in [5, 5.41) is 3.33. The Balaban J connectivity index is 1.65. The van der Waals surface area contributed by atoms with Gasteiger partial charge in [-0.25, -0.2) is 4.79 Å². The van der Waals surface area contributed by atoms with Crippen molar-refractivity contribution in [2.24, 2.45) is 4.99 Å². The number of aromatic nitrogens is 1. The van der Waals surface area contributed by atoms with E-state index in [2.05, 4.69) is 10.3 Å². The van der Waals surface area contributed by atoms with Crippen molar-refractivity contribution < 1.29 is 18.0 Å². The van der Waals surface area contributed by atoms with Gasteiger partial charge in [-0.05, 0) is 37.6 Å². The van der Waals surface area contributed by atoms with Gasteiger partial charge in [0.05, 0.1) is 5.56 Å². The zero-order valence-corrected chi connectivity index (χ0v) is 14.8. The van der Waals surface area contributed by atoms with E-state index in [1.807, 2.05) is 6.92 Å². The van der Waals surface area contributed by atoms with Crippen molar-refractivity contribution in [3.63, 3.8) is 0 Å². The number of likely N-dealkylation sites (tertiary alicyclic amines) is 1. The quantitative estimate of drug-likeness (QED) is 0.825. The minimum atomic E-state index is -4.37. The summed E-state index contributed by atoms with van der Waals surface area (Å²) in [6.07, 6.45) is -1.65. The molecule has 1 N–H and O–H groups in total. The number of carbonyl (C=O) groups is 1.